The van der Waals surface area contributed by atoms with Gasteiger partial charge in [0.1, 0.15) is 24.3 Å². The van der Waals surface area contributed by atoms with Crippen molar-refractivity contribution in [2.45, 2.75) is 12.1 Å². The summed E-state index contributed by atoms with van der Waals surface area (Å²) >= 11 is 0. The first-order chi connectivity index (χ1) is 12.7. The van der Waals surface area contributed by atoms with Gasteiger partial charge in [0.15, 0.2) is 0 Å². The largest absolute Gasteiger partial charge is 0.491 e. The number of benzene rings is 2. The normalized spacial score (nSPS) is 13.2. The summed E-state index contributed by atoms with van der Waals surface area (Å²) in [5.41, 5.74) is 1.95. The second-order valence-electron chi connectivity index (χ2n) is 5.93. The van der Waals surface area contributed by atoms with E-state index < -0.39 is 6.10 Å². The van der Waals surface area contributed by atoms with E-state index in [2.05, 4.69) is 10.3 Å². The van der Waals surface area contributed by atoms with Crippen LogP contribution in [0.15, 0.2) is 79.0 Å². The Balaban J connectivity index is 1.59. The van der Waals surface area contributed by atoms with Crippen molar-refractivity contribution >= 4 is 0 Å². The third-order valence-corrected chi connectivity index (χ3v) is 3.93. The number of ether oxygens (including phenoxy) is 1. The minimum atomic E-state index is -0.713. The van der Waals surface area contributed by atoms with E-state index in [0.29, 0.717) is 12.3 Å². The van der Waals surface area contributed by atoms with Gasteiger partial charge < -0.3 is 15.2 Å². The van der Waals surface area contributed by atoms with Gasteiger partial charge in [0, 0.05) is 12.7 Å². The predicted molar refractivity (Wildman–Crippen MR) is 98.4 cm³/mol. The molecule has 0 spiro atoms. The molecule has 1 heterocycles. The molecule has 134 valence electrons. The SMILES string of the molecule is OC(CNC(c1ccccc1)c1ccccn1)COc1ccc(F)cc1. The Hall–Kier alpha value is -2.76. The minimum Gasteiger partial charge on any atom is -0.491 e. The lowest BCUT2D eigenvalue weighted by atomic mass is 10.0. The minimum absolute atomic E-state index is 0.113. The molecule has 0 aliphatic heterocycles. The summed E-state index contributed by atoms with van der Waals surface area (Å²) in [5.74, 6) is 0.204. The molecule has 0 fully saturated rings. The Morgan fingerprint density at radius 3 is 2.38 bits per heavy atom. The highest BCUT2D eigenvalue weighted by molar-refractivity contribution is 5.27. The monoisotopic (exact) mass is 352 g/mol. The lowest BCUT2D eigenvalue weighted by Gasteiger charge is -2.21. The van der Waals surface area contributed by atoms with Gasteiger partial charge in [0.25, 0.3) is 0 Å². The fourth-order valence-corrected chi connectivity index (χ4v) is 2.62. The zero-order valence-electron chi connectivity index (χ0n) is 14.3. The summed E-state index contributed by atoms with van der Waals surface area (Å²) in [6.07, 6.45) is 1.04. The summed E-state index contributed by atoms with van der Waals surface area (Å²) < 4.78 is 18.4. The summed E-state index contributed by atoms with van der Waals surface area (Å²) in [6, 6.07) is 21.3. The smallest absolute Gasteiger partial charge is 0.123 e. The number of nitrogens with zero attached hydrogens (tertiary/aromatic N) is 1. The van der Waals surface area contributed by atoms with Crippen molar-refractivity contribution in [3.8, 4) is 5.75 Å². The molecule has 2 aromatic carbocycles. The maximum atomic E-state index is 12.9. The maximum Gasteiger partial charge on any atom is 0.123 e. The van der Waals surface area contributed by atoms with Crippen LogP contribution >= 0.6 is 0 Å². The first kappa shape index (κ1) is 18.0. The lowest BCUT2D eigenvalue weighted by Crippen LogP contribution is -2.34. The Labute approximate surface area is 152 Å². The van der Waals surface area contributed by atoms with Crippen LogP contribution in [0.5, 0.6) is 5.75 Å². The first-order valence-corrected chi connectivity index (χ1v) is 8.48. The summed E-state index contributed by atoms with van der Waals surface area (Å²) in [5, 5.41) is 13.6. The zero-order valence-corrected chi connectivity index (χ0v) is 14.3. The molecule has 2 atom stereocenters. The number of rotatable bonds is 8. The van der Waals surface area contributed by atoms with E-state index in [-0.39, 0.29) is 18.5 Å². The molecule has 2 N–H and O–H groups in total. The highest BCUT2D eigenvalue weighted by atomic mass is 19.1. The third-order valence-electron chi connectivity index (χ3n) is 3.93. The Morgan fingerprint density at radius 2 is 1.69 bits per heavy atom. The van der Waals surface area contributed by atoms with E-state index in [0.717, 1.165) is 11.3 Å². The molecule has 0 radical (unpaired) electrons. The fourth-order valence-electron chi connectivity index (χ4n) is 2.62. The molecular weight excluding hydrogens is 331 g/mol. The Kier molecular flexibility index (Phi) is 6.30. The van der Waals surface area contributed by atoms with Crippen LogP contribution in [-0.4, -0.2) is 29.3 Å². The van der Waals surface area contributed by atoms with E-state index in [1.807, 2.05) is 48.5 Å². The molecule has 3 rings (SSSR count). The second-order valence-corrected chi connectivity index (χ2v) is 5.93. The van der Waals surface area contributed by atoms with Crippen LogP contribution < -0.4 is 10.1 Å². The lowest BCUT2D eigenvalue weighted by molar-refractivity contribution is 0.104. The van der Waals surface area contributed by atoms with Crippen molar-refractivity contribution < 1.29 is 14.2 Å². The molecule has 3 aromatic rings. The molecule has 0 saturated carbocycles. The Bertz CT molecular complexity index is 743. The summed E-state index contributed by atoms with van der Waals surface area (Å²) in [6.45, 7) is 0.444. The third kappa shape index (κ3) is 5.12. The molecule has 26 heavy (non-hydrogen) atoms. The second kappa shape index (κ2) is 9.08. The van der Waals surface area contributed by atoms with Crippen molar-refractivity contribution in [2.24, 2.45) is 0 Å². The molecular formula is C21H21FN2O2. The van der Waals surface area contributed by atoms with E-state index >= 15 is 0 Å². The summed E-state index contributed by atoms with van der Waals surface area (Å²) in [7, 11) is 0. The van der Waals surface area contributed by atoms with Crippen LogP contribution in [0.25, 0.3) is 0 Å². The van der Waals surface area contributed by atoms with Gasteiger partial charge in [-0.25, -0.2) is 4.39 Å². The Morgan fingerprint density at radius 1 is 0.962 bits per heavy atom. The highest BCUT2D eigenvalue weighted by Crippen LogP contribution is 2.20. The average molecular weight is 352 g/mol. The van der Waals surface area contributed by atoms with Crippen molar-refractivity contribution in [2.75, 3.05) is 13.2 Å². The van der Waals surface area contributed by atoms with Crippen LogP contribution in [0.4, 0.5) is 4.39 Å². The van der Waals surface area contributed by atoms with Crippen LogP contribution in [0.3, 0.4) is 0 Å². The number of aromatic nitrogens is 1. The summed E-state index contributed by atoms with van der Waals surface area (Å²) in [4.78, 5) is 4.42. The molecule has 4 nitrogen and oxygen atoms in total. The van der Waals surface area contributed by atoms with Crippen LogP contribution in [0.2, 0.25) is 0 Å². The van der Waals surface area contributed by atoms with E-state index in [4.69, 9.17) is 4.74 Å². The van der Waals surface area contributed by atoms with Crippen LogP contribution in [-0.2, 0) is 0 Å². The number of nitrogens with one attached hydrogen (secondary N) is 1. The number of hydrogen-bond donors (Lipinski definition) is 2. The van der Waals surface area contributed by atoms with E-state index in [1.54, 1.807) is 6.20 Å². The van der Waals surface area contributed by atoms with E-state index in [9.17, 15) is 9.50 Å². The van der Waals surface area contributed by atoms with Gasteiger partial charge >= 0.3 is 0 Å². The standard InChI is InChI=1S/C21H21FN2O2/c22-17-9-11-19(12-10-17)26-15-18(25)14-24-21(16-6-2-1-3-7-16)20-8-4-5-13-23-20/h1-13,18,21,24-25H,14-15H2. The van der Waals surface area contributed by atoms with Gasteiger partial charge in [0.2, 0.25) is 0 Å². The molecule has 0 saturated heterocycles. The topological polar surface area (TPSA) is 54.4 Å². The number of aliphatic hydroxyl groups is 1. The number of hydrogen-bond acceptors (Lipinski definition) is 4. The van der Waals surface area contributed by atoms with Crippen LogP contribution in [0.1, 0.15) is 17.3 Å². The molecule has 5 heteroatoms. The van der Waals surface area contributed by atoms with Crippen molar-refractivity contribution in [3.05, 3.63) is 96.1 Å². The maximum absolute atomic E-state index is 12.9. The van der Waals surface area contributed by atoms with Crippen molar-refractivity contribution in [1.82, 2.24) is 10.3 Å². The van der Waals surface area contributed by atoms with Crippen LogP contribution in [0, 0.1) is 5.82 Å². The molecule has 0 aliphatic carbocycles. The number of pyridine rings is 1. The number of aliphatic hydroxyl groups excluding tert-OH is 1. The average Bonchev–Trinajstić information content (AvgIpc) is 2.69. The fraction of sp³-hybridized carbons (Fsp3) is 0.190. The quantitative estimate of drug-likeness (QED) is 0.653. The van der Waals surface area contributed by atoms with Gasteiger partial charge in [0.05, 0.1) is 11.7 Å². The van der Waals surface area contributed by atoms with Gasteiger partial charge in [-0.05, 0) is 42.0 Å². The first-order valence-electron chi connectivity index (χ1n) is 8.48. The van der Waals surface area contributed by atoms with Gasteiger partial charge in [-0.1, -0.05) is 36.4 Å². The van der Waals surface area contributed by atoms with E-state index in [1.165, 1.54) is 24.3 Å². The van der Waals surface area contributed by atoms with Gasteiger partial charge in [-0.15, -0.1) is 0 Å². The number of halogens is 1. The van der Waals surface area contributed by atoms with Gasteiger partial charge in [-0.3, -0.25) is 4.98 Å². The molecule has 2 unspecified atom stereocenters. The molecule has 0 aliphatic rings. The van der Waals surface area contributed by atoms with Crippen molar-refractivity contribution in [1.29, 1.82) is 0 Å². The van der Waals surface area contributed by atoms with Crippen molar-refractivity contribution in [3.63, 3.8) is 0 Å². The molecule has 0 bridgehead atoms. The molecule has 1 aromatic heterocycles. The zero-order chi connectivity index (χ0) is 18.2. The molecule has 0 amide bonds. The van der Waals surface area contributed by atoms with Gasteiger partial charge in [-0.2, -0.15) is 0 Å². The highest BCUT2D eigenvalue weighted by Gasteiger charge is 2.16. The predicted octanol–water partition coefficient (Wildman–Crippen LogP) is 3.34.